The molecule has 2 rings (SSSR count). The monoisotopic (exact) mass is 239 g/mol. The van der Waals surface area contributed by atoms with Crippen LogP contribution in [0.2, 0.25) is 0 Å². The van der Waals surface area contributed by atoms with E-state index < -0.39 is 0 Å². The van der Waals surface area contributed by atoms with Crippen LogP contribution in [-0.4, -0.2) is 37.0 Å². The average molecular weight is 239 g/mol. The van der Waals surface area contributed by atoms with Crippen LogP contribution in [0.15, 0.2) is 0 Å². The van der Waals surface area contributed by atoms with Crippen LogP contribution in [0, 0.1) is 0 Å². The van der Waals surface area contributed by atoms with Crippen LogP contribution in [0.3, 0.4) is 0 Å². The van der Waals surface area contributed by atoms with E-state index in [1.54, 1.807) is 0 Å². The highest BCUT2D eigenvalue weighted by Crippen LogP contribution is 2.18. The molecule has 0 aromatic rings. The van der Waals surface area contributed by atoms with Crippen LogP contribution in [0.1, 0.15) is 38.5 Å². The summed E-state index contributed by atoms with van der Waals surface area (Å²) in [6.07, 6.45) is 5.74. The first-order chi connectivity index (χ1) is 8.25. The molecule has 0 aromatic carbocycles. The van der Waals surface area contributed by atoms with Crippen LogP contribution in [0.4, 0.5) is 0 Å². The summed E-state index contributed by atoms with van der Waals surface area (Å²) in [6, 6.07) is 0.341. The zero-order valence-electron chi connectivity index (χ0n) is 10.1. The number of nitrogens with one attached hydrogen (secondary N) is 3. The van der Waals surface area contributed by atoms with Crippen molar-refractivity contribution in [2.75, 3.05) is 13.1 Å². The van der Waals surface area contributed by atoms with Crippen molar-refractivity contribution < 1.29 is 9.59 Å². The fourth-order valence-electron chi connectivity index (χ4n) is 2.03. The highest BCUT2D eigenvalue weighted by Gasteiger charge is 2.23. The van der Waals surface area contributed by atoms with Gasteiger partial charge in [0.25, 0.3) is 0 Å². The zero-order chi connectivity index (χ0) is 12.1. The Morgan fingerprint density at radius 1 is 1.18 bits per heavy atom. The fraction of sp³-hybridized carbons (Fsp3) is 0.833. The summed E-state index contributed by atoms with van der Waals surface area (Å²) in [5.41, 5.74) is 0. The molecule has 2 amide bonds. The molecule has 1 aliphatic heterocycles. The number of amides is 2. The first-order valence-corrected chi connectivity index (χ1v) is 6.56. The second-order valence-electron chi connectivity index (χ2n) is 4.89. The van der Waals surface area contributed by atoms with Crippen molar-refractivity contribution in [1.29, 1.82) is 0 Å². The van der Waals surface area contributed by atoms with Crippen molar-refractivity contribution in [3.8, 4) is 0 Å². The van der Waals surface area contributed by atoms with E-state index in [4.69, 9.17) is 0 Å². The number of hydrogen-bond donors (Lipinski definition) is 3. The molecule has 17 heavy (non-hydrogen) atoms. The minimum Gasteiger partial charge on any atom is -0.354 e. The van der Waals surface area contributed by atoms with Gasteiger partial charge in [0, 0.05) is 19.0 Å². The van der Waals surface area contributed by atoms with Crippen LogP contribution < -0.4 is 16.0 Å². The Morgan fingerprint density at radius 3 is 2.65 bits per heavy atom. The van der Waals surface area contributed by atoms with E-state index in [1.165, 1.54) is 0 Å². The molecular weight excluding hydrogens is 218 g/mol. The van der Waals surface area contributed by atoms with Gasteiger partial charge in [-0.25, -0.2) is 0 Å². The maximum atomic E-state index is 11.7. The van der Waals surface area contributed by atoms with Gasteiger partial charge in [0.15, 0.2) is 0 Å². The van der Waals surface area contributed by atoms with E-state index in [9.17, 15) is 9.59 Å². The highest BCUT2D eigenvalue weighted by atomic mass is 16.2. The summed E-state index contributed by atoms with van der Waals surface area (Å²) >= 11 is 0. The van der Waals surface area contributed by atoms with E-state index in [2.05, 4.69) is 16.0 Å². The standard InChI is InChI=1S/C12H21N3O2/c16-11(15-9-4-5-9)6-8-14-12(17)10-3-1-2-7-13-10/h9-10,13H,1-8H2,(H,14,17)(H,15,16)/t10-/m0/s1. The molecule has 1 saturated heterocycles. The van der Waals surface area contributed by atoms with Gasteiger partial charge in [-0.15, -0.1) is 0 Å². The van der Waals surface area contributed by atoms with Gasteiger partial charge in [0.1, 0.15) is 0 Å². The van der Waals surface area contributed by atoms with Gasteiger partial charge >= 0.3 is 0 Å². The Hall–Kier alpha value is -1.10. The Labute approximate surface area is 102 Å². The van der Waals surface area contributed by atoms with E-state index in [0.717, 1.165) is 38.6 Å². The third-order valence-electron chi connectivity index (χ3n) is 3.22. The summed E-state index contributed by atoms with van der Waals surface area (Å²) in [5, 5.41) is 8.90. The smallest absolute Gasteiger partial charge is 0.237 e. The third kappa shape index (κ3) is 4.34. The van der Waals surface area contributed by atoms with Gasteiger partial charge in [-0.3, -0.25) is 9.59 Å². The van der Waals surface area contributed by atoms with Gasteiger partial charge in [-0.2, -0.15) is 0 Å². The first-order valence-electron chi connectivity index (χ1n) is 6.56. The van der Waals surface area contributed by atoms with Gasteiger partial charge in [0.05, 0.1) is 6.04 Å². The average Bonchev–Trinajstić information content (AvgIpc) is 3.14. The molecule has 1 aliphatic carbocycles. The van der Waals surface area contributed by atoms with Crippen molar-refractivity contribution in [3.05, 3.63) is 0 Å². The second kappa shape index (κ2) is 6.00. The Bertz CT molecular complexity index is 283. The molecule has 96 valence electrons. The van der Waals surface area contributed by atoms with Crippen LogP contribution in [-0.2, 0) is 9.59 Å². The molecule has 0 aromatic heterocycles. The summed E-state index contributed by atoms with van der Waals surface area (Å²) in [7, 11) is 0. The molecule has 3 N–H and O–H groups in total. The molecular formula is C12H21N3O2. The molecule has 5 nitrogen and oxygen atoms in total. The lowest BCUT2D eigenvalue weighted by atomic mass is 10.0. The molecule has 5 heteroatoms. The van der Waals surface area contributed by atoms with Gasteiger partial charge in [0.2, 0.25) is 11.8 Å². The van der Waals surface area contributed by atoms with Crippen molar-refractivity contribution in [1.82, 2.24) is 16.0 Å². The van der Waals surface area contributed by atoms with E-state index in [-0.39, 0.29) is 17.9 Å². The molecule has 1 heterocycles. The summed E-state index contributed by atoms with van der Waals surface area (Å²) in [5.74, 6) is 0.0772. The third-order valence-corrected chi connectivity index (χ3v) is 3.22. The van der Waals surface area contributed by atoms with E-state index in [1.807, 2.05) is 0 Å². The van der Waals surface area contributed by atoms with Crippen molar-refractivity contribution in [3.63, 3.8) is 0 Å². The second-order valence-corrected chi connectivity index (χ2v) is 4.89. The minimum atomic E-state index is -0.0600. The molecule has 0 bridgehead atoms. The topological polar surface area (TPSA) is 70.2 Å². The lowest BCUT2D eigenvalue weighted by Gasteiger charge is -2.22. The first kappa shape index (κ1) is 12.4. The predicted molar refractivity (Wildman–Crippen MR) is 64.4 cm³/mol. The summed E-state index contributed by atoms with van der Waals surface area (Å²) in [4.78, 5) is 23.1. The van der Waals surface area contributed by atoms with Gasteiger partial charge < -0.3 is 16.0 Å². The number of hydrogen-bond acceptors (Lipinski definition) is 3. The number of carbonyl (C=O) groups is 2. The van der Waals surface area contributed by atoms with Gasteiger partial charge in [-0.05, 0) is 32.2 Å². The Kier molecular flexibility index (Phi) is 4.36. The normalized spacial score (nSPS) is 24.1. The zero-order valence-corrected chi connectivity index (χ0v) is 10.1. The molecule has 1 saturated carbocycles. The number of rotatable bonds is 5. The quantitative estimate of drug-likeness (QED) is 0.628. The maximum Gasteiger partial charge on any atom is 0.237 e. The van der Waals surface area contributed by atoms with Crippen molar-refractivity contribution >= 4 is 11.8 Å². The fourth-order valence-corrected chi connectivity index (χ4v) is 2.03. The van der Waals surface area contributed by atoms with Crippen LogP contribution in [0.5, 0.6) is 0 Å². The highest BCUT2D eigenvalue weighted by molar-refractivity contribution is 5.83. The number of piperidine rings is 1. The Morgan fingerprint density at radius 2 is 2.00 bits per heavy atom. The molecule has 2 fully saturated rings. The SMILES string of the molecule is O=C(CCNC(=O)[C@@H]1CCCCN1)NC1CC1. The van der Waals surface area contributed by atoms with Gasteiger partial charge in [-0.1, -0.05) is 6.42 Å². The van der Waals surface area contributed by atoms with Crippen LogP contribution in [0.25, 0.3) is 0 Å². The van der Waals surface area contributed by atoms with Crippen molar-refractivity contribution in [2.45, 2.75) is 50.6 Å². The molecule has 1 atom stereocenters. The van der Waals surface area contributed by atoms with Crippen LogP contribution >= 0.6 is 0 Å². The van der Waals surface area contributed by atoms with Crippen molar-refractivity contribution in [2.24, 2.45) is 0 Å². The lowest BCUT2D eigenvalue weighted by Crippen LogP contribution is -2.47. The maximum absolute atomic E-state index is 11.7. The molecule has 2 aliphatic rings. The molecule has 0 radical (unpaired) electrons. The minimum absolute atomic E-state index is 0.0314. The lowest BCUT2D eigenvalue weighted by molar-refractivity contribution is -0.124. The molecule has 0 unspecified atom stereocenters. The van der Waals surface area contributed by atoms with E-state index >= 15 is 0 Å². The van der Waals surface area contributed by atoms with E-state index in [0.29, 0.717) is 19.0 Å². The number of carbonyl (C=O) groups excluding carboxylic acids is 2. The molecule has 0 spiro atoms. The predicted octanol–water partition coefficient (Wildman–Crippen LogP) is -0.0866. The summed E-state index contributed by atoms with van der Waals surface area (Å²) in [6.45, 7) is 1.36. The summed E-state index contributed by atoms with van der Waals surface area (Å²) < 4.78 is 0. The largest absolute Gasteiger partial charge is 0.354 e. The Balaban J connectivity index is 1.56.